The minimum Gasteiger partial charge on any atom is -0.486 e. The highest BCUT2D eigenvalue weighted by atomic mass is 16.6. The molecule has 0 aliphatic rings. The molecule has 0 N–H and O–H groups in total. The van der Waals surface area contributed by atoms with E-state index in [1.807, 2.05) is 33.8 Å². The summed E-state index contributed by atoms with van der Waals surface area (Å²) in [5.41, 5.74) is 0.941. The minimum absolute atomic E-state index is 0.0526. The fraction of sp³-hybridized carbons (Fsp3) is 0.538. The molecule has 0 saturated heterocycles. The van der Waals surface area contributed by atoms with Crippen LogP contribution >= 0.6 is 0 Å². The Bertz CT molecular complexity index is 400. The Morgan fingerprint density at radius 2 is 1.94 bits per heavy atom. The molecular formula is C13H19NO3. The molecule has 0 aromatic heterocycles. The highest BCUT2D eigenvalue weighted by Crippen LogP contribution is 2.35. The van der Waals surface area contributed by atoms with E-state index in [4.69, 9.17) is 4.74 Å². The first-order chi connectivity index (χ1) is 7.93. The molecule has 1 aromatic carbocycles. The molecule has 0 amide bonds. The molecule has 94 valence electrons. The summed E-state index contributed by atoms with van der Waals surface area (Å²) in [7, 11) is 0. The van der Waals surface area contributed by atoms with Crippen LogP contribution in [0.5, 0.6) is 5.75 Å². The zero-order valence-electron chi connectivity index (χ0n) is 10.8. The number of para-hydroxylation sites is 1. The van der Waals surface area contributed by atoms with Crippen molar-refractivity contribution < 1.29 is 9.66 Å². The summed E-state index contributed by atoms with van der Waals surface area (Å²) in [4.78, 5) is 10.6. The van der Waals surface area contributed by atoms with E-state index in [1.165, 1.54) is 6.07 Å². The second kappa shape index (κ2) is 5.66. The largest absolute Gasteiger partial charge is 0.486 e. The molecule has 4 nitrogen and oxygen atoms in total. The van der Waals surface area contributed by atoms with Gasteiger partial charge in [-0.05, 0) is 11.8 Å². The smallest absolute Gasteiger partial charge is 0.311 e. The van der Waals surface area contributed by atoms with Crippen LogP contribution in [0.25, 0.3) is 0 Å². The number of rotatable bonds is 5. The van der Waals surface area contributed by atoms with Gasteiger partial charge in [0.2, 0.25) is 5.75 Å². The van der Waals surface area contributed by atoms with Crippen molar-refractivity contribution in [2.45, 2.75) is 33.6 Å². The van der Waals surface area contributed by atoms with E-state index in [0.29, 0.717) is 18.3 Å². The average Bonchev–Trinajstić information content (AvgIpc) is 2.25. The van der Waals surface area contributed by atoms with E-state index in [0.717, 1.165) is 5.56 Å². The molecule has 1 rings (SSSR count). The van der Waals surface area contributed by atoms with E-state index in [-0.39, 0.29) is 16.5 Å². The SMILES string of the molecule is CC(C)COc1c(C(C)C)cccc1[N+](=O)[O-]. The van der Waals surface area contributed by atoms with Crippen LogP contribution in [0.2, 0.25) is 0 Å². The third-order valence-corrected chi connectivity index (χ3v) is 2.40. The molecule has 1 aromatic rings. The van der Waals surface area contributed by atoms with Gasteiger partial charge in [0.15, 0.2) is 0 Å². The van der Waals surface area contributed by atoms with Crippen molar-refractivity contribution in [3.63, 3.8) is 0 Å². The number of ether oxygens (including phenoxy) is 1. The first-order valence-corrected chi connectivity index (χ1v) is 5.83. The Hall–Kier alpha value is -1.58. The fourth-order valence-corrected chi connectivity index (χ4v) is 1.55. The molecule has 0 saturated carbocycles. The number of hydrogen-bond acceptors (Lipinski definition) is 3. The maximum absolute atomic E-state index is 11.0. The summed E-state index contributed by atoms with van der Waals surface area (Å²) < 4.78 is 5.61. The van der Waals surface area contributed by atoms with Crippen molar-refractivity contribution in [2.75, 3.05) is 6.61 Å². The van der Waals surface area contributed by atoms with Gasteiger partial charge in [-0.15, -0.1) is 0 Å². The lowest BCUT2D eigenvalue weighted by molar-refractivity contribution is -0.386. The summed E-state index contributed by atoms with van der Waals surface area (Å²) in [6, 6.07) is 5.07. The van der Waals surface area contributed by atoms with Crippen LogP contribution in [0.1, 0.15) is 39.2 Å². The van der Waals surface area contributed by atoms with Gasteiger partial charge in [-0.3, -0.25) is 10.1 Å². The molecule has 0 spiro atoms. The monoisotopic (exact) mass is 237 g/mol. The minimum atomic E-state index is -0.387. The fourth-order valence-electron chi connectivity index (χ4n) is 1.55. The molecule has 0 atom stereocenters. The van der Waals surface area contributed by atoms with Gasteiger partial charge in [-0.1, -0.05) is 39.8 Å². The number of nitro groups is 1. The highest BCUT2D eigenvalue weighted by molar-refractivity contribution is 5.52. The van der Waals surface area contributed by atoms with Gasteiger partial charge in [0, 0.05) is 11.6 Å². The van der Waals surface area contributed by atoms with Crippen molar-refractivity contribution >= 4 is 5.69 Å². The Balaban J connectivity index is 3.14. The third kappa shape index (κ3) is 3.44. The third-order valence-electron chi connectivity index (χ3n) is 2.40. The Morgan fingerprint density at radius 3 is 2.41 bits per heavy atom. The van der Waals surface area contributed by atoms with Crippen LogP contribution < -0.4 is 4.74 Å². The van der Waals surface area contributed by atoms with Crippen LogP contribution in [0.3, 0.4) is 0 Å². The van der Waals surface area contributed by atoms with E-state index in [2.05, 4.69) is 0 Å². The molecule has 0 fully saturated rings. The van der Waals surface area contributed by atoms with Crippen LogP contribution in [0.4, 0.5) is 5.69 Å². The van der Waals surface area contributed by atoms with Gasteiger partial charge in [0.25, 0.3) is 0 Å². The number of nitro benzene ring substituents is 1. The van der Waals surface area contributed by atoms with Gasteiger partial charge in [-0.25, -0.2) is 0 Å². The van der Waals surface area contributed by atoms with Crippen LogP contribution in [-0.2, 0) is 0 Å². The standard InChI is InChI=1S/C13H19NO3/c1-9(2)8-17-13-11(10(3)4)6-5-7-12(13)14(15)16/h5-7,9-10H,8H2,1-4H3. The lowest BCUT2D eigenvalue weighted by Crippen LogP contribution is -2.08. The molecule has 0 unspecified atom stereocenters. The summed E-state index contributed by atoms with van der Waals surface area (Å²) in [6.45, 7) is 8.53. The molecule has 0 bridgehead atoms. The maximum Gasteiger partial charge on any atom is 0.311 e. The van der Waals surface area contributed by atoms with Gasteiger partial charge in [0.1, 0.15) is 0 Å². The number of nitrogens with zero attached hydrogens (tertiary/aromatic N) is 1. The zero-order valence-corrected chi connectivity index (χ0v) is 10.8. The zero-order chi connectivity index (χ0) is 13.0. The van der Waals surface area contributed by atoms with E-state index in [1.54, 1.807) is 6.07 Å². The van der Waals surface area contributed by atoms with Crippen molar-refractivity contribution in [1.82, 2.24) is 0 Å². The first kappa shape index (κ1) is 13.5. The normalized spacial score (nSPS) is 10.9. The predicted octanol–water partition coefficient (Wildman–Crippen LogP) is 3.75. The quantitative estimate of drug-likeness (QED) is 0.578. The summed E-state index contributed by atoms with van der Waals surface area (Å²) in [5.74, 6) is 0.966. The molecule has 0 radical (unpaired) electrons. The van der Waals surface area contributed by atoms with E-state index < -0.39 is 0 Å². The first-order valence-electron chi connectivity index (χ1n) is 5.83. The van der Waals surface area contributed by atoms with Crippen molar-refractivity contribution in [1.29, 1.82) is 0 Å². The maximum atomic E-state index is 11.0. The van der Waals surface area contributed by atoms with Crippen molar-refractivity contribution in [2.24, 2.45) is 5.92 Å². The van der Waals surface area contributed by atoms with Gasteiger partial charge in [0.05, 0.1) is 11.5 Å². The molecule has 0 aliphatic carbocycles. The highest BCUT2D eigenvalue weighted by Gasteiger charge is 2.20. The molecule has 17 heavy (non-hydrogen) atoms. The predicted molar refractivity (Wildman–Crippen MR) is 67.5 cm³/mol. The molecule has 4 heteroatoms. The second-order valence-electron chi connectivity index (χ2n) is 4.81. The molecule has 0 aliphatic heterocycles. The lowest BCUT2D eigenvalue weighted by atomic mass is 10.0. The Kier molecular flexibility index (Phi) is 4.49. The Morgan fingerprint density at radius 1 is 1.29 bits per heavy atom. The van der Waals surface area contributed by atoms with E-state index >= 15 is 0 Å². The summed E-state index contributed by atoms with van der Waals surface area (Å²) in [6.07, 6.45) is 0. The number of hydrogen-bond donors (Lipinski definition) is 0. The Labute approximate surface area is 102 Å². The molecule has 0 heterocycles. The van der Waals surface area contributed by atoms with Crippen LogP contribution in [0.15, 0.2) is 18.2 Å². The van der Waals surface area contributed by atoms with Crippen molar-refractivity contribution in [3.05, 3.63) is 33.9 Å². The summed E-state index contributed by atoms with van der Waals surface area (Å²) >= 11 is 0. The number of benzene rings is 1. The van der Waals surface area contributed by atoms with Crippen LogP contribution in [-0.4, -0.2) is 11.5 Å². The lowest BCUT2D eigenvalue weighted by Gasteiger charge is -2.15. The second-order valence-corrected chi connectivity index (χ2v) is 4.81. The van der Waals surface area contributed by atoms with Gasteiger partial charge < -0.3 is 4.74 Å². The van der Waals surface area contributed by atoms with Gasteiger partial charge in [-0.2, -0.15) is 0 Å². The van der Waals surface area contributed by atoms with Crippen molar-refractivity contribution in [3.8, 4) is 5.75 Å². The summed E-state index contributed by atoms with van der Waals surface area (Å²) in [5, 5.41) is 11.0. The topological polar surface area (TPSA) is 52.4 Å². The van der Waals surface area contributed by atoms with Gasteiger partial charge >= 0.3 is 5.69 Å². The molecular weight excluding hydrogens is 218 g/mol. The average molecular weight is 237 g/mol. The van der Waals surface area contributed by atoms with Crippen LogP contribution in [0, 0.1) is 16.0 Å². The van der Waals surface area contributed by atoms with E-state index in [9.17, 15) is 10.1 Å².